The first kappa shape index (κ1) is 13.2. The minimum absolute atomic E-state index is 0.323. The first-order valence-corrected chi connectivity index (χ1v) is 5.68. The molecule has 0 bridgehead atoms. The summed E-state index contributed by atoms with van der Waals surface area (Å²) < 4.78 is 4.66. The van der Waals surface area contributed by atoms with Gasteiger partial charge in [-0.05, 0) is 20.3 Å². The SMILES string of the molecule is CCCc1nc(/C=N\NC(=O)OCC)c(C)[nH]1. The van der Waals surface area contributed by atoms with Crippen LogP contribution in [0.1, 0.15) is 37.5 Å². The Hall–Kier alpha value is -1.85. The fourth-order valence-corrected chi connectivity index (χ4v) is 1.33. The monoisotopic (exact) mass is 238 g/mol. The quantitative estimate of drug-likeness (QED) is 0.606. The van der Waals surface area contributed by atoms with Crippen LogP contribution in [0.15, 0.2) is 5.10 Å². The Kier molecular flexibility index (Phi) is 5.19. The van der Waals surface area contributed by atoms with E-state index in [0.717, 1.165) is 30.1 Å². The predicted octanol–water partition coefficient (Wildman–Crippen LogP) is 1.75. The van der Waals surface area contributed by atoms with E-state index in [1.807, 2.05) is 6.92 Å². The number of hydrogen-bond donors (Lipinski definition) is 2. The molecule has 0 radical (unpaired) electrons. The summed E-state index contributed by atoms with van der Waals surface area (Å²) in [5.74, 6) is 0.933. The molecular weight excluding hydrogens is 220 g/mol. The number of hydrogen-bond acceptors (Lipinski definition) is 4. The van der Waals surface area contributed by atoms with E-state index in [4.69, 9.17) is 0 Å². The Labute approximate surface area is 100 Å². The van der Waals surface area contributed by atoms with Crippen molar-refractivity contribution in [2.45, 2.75) is 33.6 Å². The summed E-state index contributed by atoms with van der Waals surface area (Å²) in [7, 11) is 0. The van der Waals surface area contributed by atoms with Gasteiger partial charge >= 0.3 is 6.09 Å². The fraction of sp³-hybridized carbons (Fsp3) is 0.545. The fourth-order valence-electron chi connectivity index (χ4n) is 1.33. The molecule has 1 heterocycles. The molecule has 0 aromatic carbocycles. The summed E-state index contributed by atoms with van der Waals surface area (Å²) in [4.78, 5) is 18.5. The molecule has 17 heavy (non-hydrogen) atoms. The van der Waals surface area contributed by atoms with Crippen LogP contribution in [0.3, 0.4) is 0 Å². The van der Waals surface area contributed by atoms with Crippen molar-refractivity contribution in [1.29, 1.82) is 0 Å². The van der Waals surface area contributed by atoms with E-state index in [1.54, 1.807) is 6.92 Å². The van der Waals surface area contributed by atoms with Gasteiger partial charge in [-0.3, -0.25) is 0 Å². The van der Waals surface area contributed by atoms with Crippen LogP contribution in [-0.2, 0) is 11.2 Å². The number of H-pyrrole nitrogens is 1. The minimum Gasteiger partial charge on any atom is -0.449 e. The Balaban J connectivity index is 2.55. The lowest BCUT2D eigenvalue weighted by Gasteiger charge is -1.97. The third kappa shape index (κ3) is 4.26. The van der Waals surface area contributed by atoms with Crippen molar-refractivity contribution in [3.63, 3.8) is 0 Å². The van der Waals surface area contributed by atoms with Crippen LogP contribution in [0, 0.1) is 6.92 Å². The van der Waals surface area contributed by atoms with E-state index in [-0.39, 0.29) is 0 Å². The summed E-state index contributed by atoms with van der Waals surface area (Å²) in [6.07, 6.45) is 2.87. The van der Waals surface area contributed by atoms with Crippen LogP contribution >= 0.6 is 0 Å². The Bertz CT molecular complexity index is 398. The van der Waals surface area contributed by atoms with Crippen LogP contribution in [0.2, 0.25) is 0 Å². The molecule has 0 saturated carbocycles. The van der Waals surface area contributed by atoms with Gasteiger partial charge in [0.15, 0.2) is 0 Å². The van der Waals surface area contributed by atoms with Crippen molar-refractivity contribution >= 4 is 12.3 Å². The average molecular weight is 238 g/mol. The number of rotatable bonds is 5. The number of nitrogens with zero attached hydrogens (tertiary/aromatic N) is 2. The third-order valence-electron chi connectivity index (χ3n) is 2.08. The van der Waals surface area contributed by atoms with Crippen molar-refractivity contribution in [2.75, 3.05) is 6.61 Å². The zero-order chi connectivity index (χ0) is 12.7. The zero-order valence-electron chi connectivity index (χ0n) is 10.4. The first-order valence-electron chi connectivity index (χ1n) is 5.68. The number of ether oxygens (including phenoxy) is 1. The Morgan fingerprint density at radius 3 is 3.00 bits per heavy atom. The van der Waals surface area contributed by atoms with Gasteiger partial charge in [0.2, 0.25) is 0 Å². The molecule has 0 fully saturated rings. The van der Waals surface area contributed by atoms with Gasteiger partial charge < -0.3 is 9.72 Å². The lowest BCUT2D eigenvalue weighted by molar-refractivity contribution is 0.152. The third-order valence-corrected chi connectivity index (χ3v) is 2.08. The van der Waals surface area contributed by atoms with E-state index in [1.165, 1.54) is 6.21 Å². The second-order valence-corrected chi connectivity index (χ2v) is 3.53. The van der Waals surface area contributed by atoms with Crippen LogP contribution in [-0.4, -0.2) is 28.9 Å². The van der Waals surface area contributed by atoms with Gasteiger partial charge in [-0.2, -0.15) is 5.10 Å². The molecule has 1 amide bonds. The van der Waals surface area contributed by atoms with Crippen molar-refractivity contribution in [3.05, 3.63) is 17.2 Å². The number of hydrazone groups is 1. The maximum Gasteiger partial charge on any atom is 0.427 e. The summed E-state index contributed by atoms with van der Waals surface area (Å²) in [6.45, 7) is 6.06. The Morgan fingerprint density at radius 1 is 1.59 bits per heavy atom. The molecule has 0 aliphatic carbocycles. The largest absolute Gasteiger partial charge is 0.449 e. The summed E-state index contributed by atoms with van der Waals surface area (Å²) in [5.41, 5.74) is 3.92. The lowest BCUT2D eigenvalue weighted by atomic mass is 10.3. The molecule has 1 aromatic heterocycles. The second-order valence-electron chi connectivity index (χ2n) is 3.53. The lowest BCUT2D eigenvalue weighted by Crippen LogP contribution is -2.18. The zero-order valence-corrected chi connectivity index (χ0v) is 10.4. The smallest absolute Gasteiger partial charge is 0.427 e. The summed E-state index contributed by atoms with van der Waals surface area (Å²) in [5, 5.41) is 3.76. The van der Waals surface area contributed by atoms with Crippen LogP contribution < -0.4 is 5.43 Å². The molecule has 1 rings (SSSR count). The number of carbonyl (C=O) groups is 1. The van der Waals surface area contributed by atoms with Crippen molar-refractivity contribution in [3.8, 4) is 0 Å². The highest BCUT2D eigenvalue weighted by atomic mass is 16.5. The van der Waals surface area contributed by atoms with Crippen LogP contribution in [0.4, 0.5) is 4.79 Å². The summed E-state index contributed by atoms with van der Waals surface area (Å²) in [6, 6.07) is 0. The molecule has 6 heteroatoms. The number of nitrogens with one attached hydrogen (secondary N) is 2. The highest BCUT2D eigenvalue weighted by Crippen LogP contribution is 2.04. The van der Waals surface area contributed by atoms with Gasteiger partial charge in [-0.1, -0.05) is 6.92 Å². The number of aryl methyl sites for hydroxylation is 2. The first-order chi connectivity index (χ1) is 8.17. The molecule has 1 aromatic rings. The van der Waals surface area contributed by atoms with Crippen molar-refractivity contribution in [1.82, 2.24) is 15.4 Å². The van der Waals surface area contributed by atoms with E-state index in [2.05, 4.69) is 32.2 Å². The maximum absolute atomic E-state index is 11.0. The van der Waals surface area contributed by atoms with Crippen LogP contribution in [0.25, 0.3) is 0 Å². The molecule has 0 spiro atoms. The summed E-state index contributed by atoms with van der Waals surface area (Å²) >= 11 is 0. The topological polar surface area (TPSA) is 79.4 Å². The Morgan fingerprint density at radius 2 is 2.35 bits per heavy atom. The molecule has 0 aliphatic heterocycles. The second kappa shape index (κ2) is 6.67. The maximum atomic E-state index is 11.0. The molecule has 6 nitrogen and oxygen atoms in total. The molecule has 0 unspecified atom stereocenters. The van der Waals surface area contributed by atoms with Gasteiger partial charge in [-0.25, -0.2) is 15.2 Å². The minimum atomic E-state index is -0.564. The number of aromatic amines is 1. The molecule has 0 saturated heterocycles. The number of aromatic nitrogens is 2. The molecule has 2 N–H and O–H groups in total. The highest BCUT2D eigenvalue weighted by Gasteiger charge is 2.03. The highest BCUT2D eigenvalue weighted by molar-refractivity contribution is 5.79. The van der Waals surface area contributed by atoms with E-state index in [0.29, 0.717) is 6.61 Å². The van der Waals surface area contributed by atoms with Gasteiger partial charge in [0.05, 0.1) is 12.8 Å². The predicted molar refractivity (Wildman–Crippen MR) is 65.1 cm³/mol. The van der Waals surface area contributed by atoms with Crippen LogP contribution in [0.5, 0.6) is 0 Å². The number of carbonyl (C=O) groups excluding carboxylic acids is 1. The normalized spacial score (nSPS) is 10.8. The number of amides is 1. The van der Waals surface area contributed by atoms with E-state index >= 15 is 0 Å². The van der Waals surface area contributed by atoms with Gasteiger partial charge in [0, 0.05) is 12.1 Å². The van der Waals surface area contributed by atoms with Crippen molar-refractivity contribution < 1.29 is 9.53 Å². The molecule has 0 aliphatic rings. The van der Waals surface area contributed by atoms with Crippen molar-refractivity contribution in [2.24, 2.45) is 5.10 Å². The molecular formula is C11H18N4O2. The standard InChI is InChI=1S/C11H18N4O2/c1-4-6-10-13-8(3)9(14-10)7-12-15-11(16)17-5-2/h7H,4-6H2,1-3H3,(H,13,14)(H,15,16)/b12-7-. The van der Waals surface area contributed by atoms with E-state index in [9.17, 15) is 4.79 Å². The molecule has 94 valence electrons. The van der Waals surface area contributed by atoms with Gasteiger partial charge in [0.1, 0.15) is 11.5 Å². The molecule has 0 atom stereocenters. The van der Waals surface area contributed by atoms with Gasteiger partial charge in [0.25, 0.3) is 0 Å². The average Bonchev–Trinajstić information content (AvgIpc) is 2.60. The van der Waals surface area contributed by atoms with E-state index < -0.39 is 6.09 Å². The van der Waals surface area contributed by atoms with Gasteiger partial charge in [-0.15, -0.1) is 0 Å². The number of imidazole rings is 1.